The molecule has 1 unspecified atom stereocenters. The lowest BCUT2D eigenvalue weighted by atomic mass is 9.95. The summed E-state index contributed by atoms with van der Waals surface area (Å²) in [5, 5.41) is 3.22. The topological polar surface area (TPSA) is 32.3 Å². The van der Waals surface area contributed by atoms with Crippen LogP contribution in [0.25, 0.3) is 0 Å². The smallest absolute Gasteiger partial charge is 0.223 e. The van der Waals surface area contributed by atoms with Crippen molar-refractivity contribution in [1.29, 1.82) is 0 Å². The molecule has 1 amide bonds. The lowest BCUT2D eigenvalue weighted by molar-refractivity contribution is -0.136. The SMILES string of the molecule is CCC1CCCCN1C(=O)CC1CNC1. The van der Waals surface area contributed by atoms with E-state index in [0.717, 1.165) is 32.5 Å². The van der Waals surface area contributed by atoms with Crippen molar-refractivity contribution >= 4 is 5.91 Å². The fourth-order valence-electron chi connectivity index (χ4n) is 2.61. The molecule has 15 heavy (non-hydrogen) atoms. The van der Waals surface area contributed by atoms with Crippen molar-refractivity contribution in [2.75, 3.05) is 19.6 Å². The van der Waals surface area contributed by atoms with E-state index in [9.17, 15) is 4.79 Å². The second kappa shape index (κ2) is 4.97. The number of carbonyl (C=O) groups is 1. The molecule has 0 aromatic heterocycles. The van der Waals surface area contributed by atoms with Gasteiger partial charge in [-0.1, -0.05) is 6.92 Å². The summed E-state index contributed by atoms with van der Waals surface area (Å²) in [5.74, 6) is 1.00. The first-order valence-electron chi connectivity index (χ1n) is 6.31. The molecule has 2 aliphatic heterocycles. The first-order valence-corrected chi connectivity index (χ1v) is 6.31. The van der Waals surface area contributed by atoms with Crippen molar-refractivity contribution in [3.05, 3.63) is 0 Å². The fourth-order valence-corrected chi connectivity index (χ4v) is 2.61. The van der Waals surface area contributed by atoms with Crippen LogP contribution < -0.4 is 5.32 Å². The Kier molecular flexibility index (Phi) is 3.62. The van der Waals surface area contributed by atoms with E-state index < -0.39 is 0 Å². The van der Waals surface area contributed by atoms with Crippen LogP contribution in [0.15, 0.2) is 0 Å². The van der Waals surface area contributed by atoms with Crippen LogP contribution in [0.4, 0.5) is 0 Å². The Morgan fingerprint density at radius 1 is 1.40 bits per heavy atom. The molecule has 86 valence electrons. The summed E-state index contributed by atoms with van der Waals surface area (Å²) >= 11 is 0. The number of rotatable bonds is 3. The summed E-state index contributed by atoms with van der Waals surface area (Å²) in [6.07, 6.45) is 5.60. The summed E-state index contributed by atoms with van der Waals surface area (Å²) in [6, 6.07) is 0.527. The molecule has 1 N–H and O–H groups in total. The average Bonchev–Trinajstić information content (AvgIpc) is 2.23. The van der Waals surface area contributed by atoms with E-state index in [-0.39, 0.29) is 0 Å². The molecule has 0 aromatic carbocycles. The van der Waals surface area contributed by atoms with Crippen molar-refractivity contribution in [2.45, 2.75) is 45.1 Å². The molecule has 0 radical (unpaired) electrons. The van der Waals surface area contributed by atoms with Gasteiger partial charge >= 0.3 is 0 Å². The van der Waals surface area contributed by atoms with E-state index in [1.165, 1.54) is 19.3 Å². The highest BCUT2D eigenvalue weighted by atomic mass is 16.2. The third kappa shape index (κ3) is 2.51. The van der Waals surface area contributed by atoms with Gasteiger partial charge in [0, 0.05) is 19.0 Å². The molecule has 1 atom stereocenters. The van der Waals surface area contributed by atoms with Crippen molar-refractivity contribution in [1.82, 2.24) is 10.2 Å². The van der Waals surface area contributed by atoms with Crippen molar-refractivity contribution in [2.24, 2.45) is 5.92 Å². The Bertz CT molecular complexity index is 226. The highest BCUT2D eigenvalue weighted by Crippen LogP contribution is 2.22. The van der Waals surface area contributed by atoms with E-state index >= 15 is 0 Å². The number of piperidine rings is 1. The Hall–Kier alpha value is -0.570. The molecule has 2 aliphatic rings. The first kappa shape index (κ1) is 10.9. The van der Waals surface area contributed by atoms with Gasteiger partial charge in [0.05, 0.1) is 0 Å². The zero-order valence-corrected chi connectivity index (χ0v) is 9.67. The third-order valence-electron chi connectivity index (χ3n) is 3.75. The molecule has 3 heteroatoms. The van der Waals surface area contributed by atoms with Gasteiger partial charge in [-0.05, 0) is 44.7 Å². The molecule has 0 spiro atoms. The molecule has 0 aromatic rings. The van der Waals surface area contributed by atoms with Gasteiger partial charge in [-0.25, -0.2) is 0 Å². The number of carbonyl (C=O) groups excluding carboxylic acids is 1. The highest BCUT2D eigenvalue weighted by Gasteiger charge is 2.28. The molecule has 0 aliphatic carbocycles. The first-order chi connectivity index (χ1) is 7.31. The number of hydrogen-bond donors (Lipinski definition) is 1. The van der Waals surface area contributed by atoms with E-state index in [2.05, 4.69) is 17.1 Å². The van der Waals surface area contributed by atoms with Crippen molar-refractivity contribution in [3.63, 3.8) is 0 Å². The molecule has 3 nitrogen and oxygen atoms in total. The minimum Gasteiger partial charge on any atom is -0.340 e. The maximum Gasteiger partial charge on any atom is 0.223 e. The molecule has 2 heterocycles. The molecular formula is C12H22N2O. The number of hydrogen-bond acceptors (Lipinski definition) is 2. The van der Waals surface area contributed by atoms with Crippen LogP contribution in [0.3, 0.4) is 0 Å². The number of nitrogens with zero attached hydrogens (tertiary/aromatic N) is 1. The second-order valence-corrected chi connectivity index (χ2v) is 4.87. The van der Waals surface area contributed by atoms with Gasteiger partial charge < -0.3 is 10.2 Å². The summed E-state index contributed by atoms with van der Waals surface area (Å²) < 4.78 is 0. The summed E-state index contributed by atoms with van der Waals surface area (Å²) in [5.41, 5.74) is 0. The molecule has 0 saturated carbocycles. The van der Waals surface area contributed by atoms with Gasteiger partial charge in [-0.3, -0.25) is 4.79 Å². The molecular weight excluding hydrogens is 188 g/mol. The minimum atomic E-state index is 0.396. The van der Waals surface area contributed by atoms with E-state index in [4.69, 9.17) is 0 Å². The number of amides is 1. The number of likely N-dealkylation sites (tertiary alicyclic amines) is 1. The predicted molar refractivity (Wildman–Crippen MR) is 60.6 cm³/mol. The predicted octanol–water partition coefficient (Wildman–Crippen LogP) is 1.39. The van der Waals surface area contributed by atoms with Crippen LogP contribution in [0, 0.1) is 5.92 Å². The van der Waals surface area contributed by atoms with Crippen LogP contribution in [-0.4, -0.2) is 36.5 Å². The highest BCUT2D eigenvalue weighted by molar-refractivity contribution is 5.77. The Labute approximate surface area is 92.2 Å². The van der Waals surface area contributed by atoms with Gasteiger partial charge in [-0.15, -0.1) is 0 Å². The maximum absolute atomic E-state index is 12.1. The van der Waals surface area contributed by atoms with E-state index in [1.54, 1.807) is 0 Å². The van der Waals surface area contributed by atoms with Crippen LogP contribution in [0.2, 0.25) is 0 Å². The second-order valence-electron chi connectivity index (χ2n) is 4.87. The molecule has 2 fully saturated rings. The quantitative estimate of drug-likeness (QED) is 0.763. The fraction of sp³-hybridized carbons (Fsp3) is 0.917. The van der Waals surface area contributed by atoms with Crippen molar-refractivity contribution in [3.8, 4) is 0 Å². The van der Waals surface area contributed by atoms with Crippen LogP contribution >= 0.6 is 0 Å². The normalized spacial score (nSPS) is 27.5. The Balaban J connectivity index is 1.85. The third-order valence-corrected chi connectivity index (χ3v) is 3.75. The van der Waals surface area contributed by atoms with Gasteiger partial charge in [-0.2, -0.15) is 0 Å². The Morgan fingerprint density at radius 3 is 2.80 bits per heavy atom. The van der Waals surface area contributed by atoms with Crippen molar-refractivity contribution < 1.29 is 4.79 Å². The zero-order valence-electron chi connectivity index (χ0n) is 9.67. The summed E-state index contributed by atoms with van der Waals surface area (Å²) in [4.78, 5) is 14.2. The van der Waals surface area contributed by atoms with E-state index in [0.29, 0.717) is 17.9 Å². The lowest BCUT2D eigenvalue weighted by Crippen LogP contribution is -2.48. The summed E-state index contributed by atoms with van der Waals surface area (Å²) in [6.45, 7) is 5.27. The number of nitrogens with one attached hydrogen (secondary N) is 1. The van der Waals surface area contributed by atoms with Crippen LogP contribution in [0.1, 0.15) is 39.0 Å². The molecule has 0 bridgehead atoms. The van der Waals surface area contributed by atoms with E-state index in [1.807, 2.05) is 0 Å². The largest absolute Gasteiger partial charge is 0.340 e. The van der Waals surface area contributed by atoms with Gasteiger partial charge in [0.15, 0.2) is 0 Å². The van der Waals surface area contributed by atoms with Crippen LogP contribution in [0.5, 0.6) is 0 Å². The lowest BCUT2D eigenvalue weighted by Gasteiger charge is -2.37. The average molecular weight is 210 g/mol. The summed E-state index contributed by atoms with van der Waals surface area (Å²) in [7, 11) is 0. The van der Waals surface area contributed by atoms with Gasteiger partial charge in [0.1, 0.15) is 0 Å². The Morgan fingerprint density at radius 2 is 2.20 bits per heavy atom. The molecule has 2 saturated heterocycles. The van der Waals surface area contributed by atoms with Crippen LogP contribution in [-0.2, 0) is 4.79 Å². The van der Waals surface area contributed by atoms with Gasteiger partial charge in [0.25, 0.3) is 0 Å². The van der Waals surface area contributed by atoms with Gasteiger partial charge in [0.2, 0.25) is 5.91 Å². The maximum atomic E-state index is 12.1. The monoisotopic (exact) mass is 210 g/mol. The standard InChI is InChI=1S/C12H22N2O/c1-2-11-5-3-4-6-14(11)12(15)7-10-8-13-9-10/h10-11,13H,2-9H2,1H3. The molecule has 2 rings (SSSR count). The zero-order chi connectivity index (χ0) is 10.7. The minimum absolute atomic E-state index is 0.396.